The van der Waals surface area contributed by atoms with Crippen molar-refractivity contribution in [1.29, 1.82) is 0 Å². The number of nitrogens with two attached hydrogens (primary N) is 1. The number of aromatic nitrogens is 4. The minimum absolute atomic E-state index is 0.0485. The largest absolute Gasteiger partial charge is 0.373 e. The summed E-state index contributed by atoms with van der Waals surface area (Å²) in [6.07, 6.45) is 4.59. The van der Waals surface area contributed by atoms with Gasteiger partial charge >= 0.3 is 0 Å². The lowest BCUT2D eigenvalue weighted by Gasteiger charge is -2.35. The molecule has 0 unspecified atom stereocenters. The minimum atomic E-state index is 0.0485. The van der Waals surface area contributed by atoms with Gasteiger partial charge in [-0.25, -0.2) is 9.97 Å². The maximum atomic E-state index is 6.33. The molecule has 29 heavy (non-hydrogen) atoms. The Morgan fingerprint density at radius 2 is 1.93 bits per heavy atom. The number of guanidine groups is 1. The number of rotatable bonds is 4. The predicted molar refractivity (Wildman–Crippen MR) is 112 cm³/mol. The molecule has 2 aromatic heterocycles. The standard InChI is InChI=1S/C20H30N8O/c1-14-17(15(2)26(3)25-14)18-16(5-12-29-18)13-24-19(21)27-8-10-28(11-9-27)20-22-6-4-7-23-20/h4,6-7,16,18H,5,8-13H2,1-3H3,(H2,21,24)/t16-,18+/m0/s1. The molecular formula is C20H30N8O. The monoisotopic (exact) mass is 398 g/mol. The molecule has 9 nitrogen and oxygen atoms in total. The number of hydrogen-bond donors (Lipinski definition) is 1. The molecule has 0 saturated carbocycles. The van der Waals surface area contributed by atoms with Crippen molar-refractivity contribution in [3.8, 4) is 0 Å². The van der Waals surface area contributed by atoms with Gasteiger partial charge in [-0.3, -0.25) is 9.67 Å². The highest BCUT2D eigenvalue weighted by Crippen LogP contribution is 2.37. The molecule has 4 rings (SSSR count). The van der Waals surface area contributed by atoms with Crippen molar-refractivity contribution >= 4 is 11.9 Å². The van der Waals surface area contributed by atoms with Gasteiger partial charge in [-0.15, -0.1) is 0 Å². The highest BCUT2D eigenvalue weighted by Gasteiger charge is 2.33. The van der Waals surface area contributed by atoms with Gasteiger partial charge in [-0.05, 0) is 26.3 Å². The Bertz CT molecular complexity index is 857. The first-order chi connectivity index (χ1) is 14.0. The quantitative estimate of drug-likeness (QED) is 0.607. The van der Waals surface area contributed by atoms with Gasteiger partial charge in [-0.1, -0.05) is 0 Å². The van der Waals surface area contributed by atoms with E-state index in [9.17, 15) is 0 Å². The molecule has 0 aromatic carbocycles. The Balaban J connectivity index is 1.36. The molecule has 4 heterocycles. The van der Waals surface area contributed by atoms with Crippen LogP contribution >= 0.6 is 0 Å². The summed E-state index contributed by atoms with van der Waals surface area (Å²) in [7, 11) is 1.98. The van der Waals surface area contributed by atoms with Gasteiger partial charge in [-0.2, -0.15) is 5.10 Å². The molecule has 2 atom stereocenters. The molecule has 0 radical (unpaired) electrons. The van der Waals surface area contributed by atoms with Gasteiger partial charge in [0.2, 0.25) is 5.95 Å². The maximum absolute atomic E-state index is 6.33. The average Bonchev–Trinajstić information content (AvgIpc) is 3.30. The van der Waals surface area contributed by atoms with E-state index in [-0.39, 0.29) is 6.10 Å². The Hall–Kier alpha value is -2.68. The second-order valence-corrected chi connectivity index (χ2v) is 7.77. The summed E-state index contributed by atoms with van der Waals surface area (Å²) in [5.41, 5.74) is 9.74. The summed E-state index contributed by atoms with van der Waals surface area (Å²) >= 11 is 0. The second kappa shape index (κ2) is 8.36. The fourth-order valence-corrected chi connectivity index (χ4v) is 4.24. The maximum Gasteiger partial charge on any atom is 0.225 e. The number of aryl methyl sites for hydroxylation is 2. The van der Waals surface area contributed by atoms with Crippen LogP contribution in [0.4, 0.5) is 5.95 Å². The average molecular weight is 399 g/mol. The SMILES string of the molecule is Cc1nn(C)c(C)c1[C@@H]1OCC[C@H]1CN=C(N)N1CCN(c2ncccn2)CC1. The van der Waals surface area contributed by atoms with Crippen LogP contribution in [0.3, 0.4) is 0 Å². The first-order valence-electron chi connectivity index (χ1n) is 10.2. The summed E-state index contributed by atoms with van der Waals surface area (Å²) in [4.78, 5) is 17.7. The van der Waals surface area contributed by atoms with Crippen molar-refractivity contribution in [2.24, 2.45) is 23.7 Å². The second-order valence-electron chi connectivity index (χ2n) is 7.77. The third kappa shape index (κ3) is 4.05. The van der Waals surface area contributed by atoms with Gasteiger partial charge < -0.3 is 20.3 Å². The van der Waals surface area contributed by atoms with Crippen molar-refractivity contribution in [2.45, 2.75) is 26.4 Å². The normalized spacial score (nSPS) is 23.1. The molecule has 0 spiro atoms. The fourth-order valence-electron chi connectivity index (χ4n) is 4.24. The third-order valence-corrected chi connectivity index (χ3v) is 5.99. The van der Waals surface area contributed by atoms with Gasteiger partial charge in [0.25, 0.3) is 0 Å². The number of anilines is 1. The highest BCUT2D eigenvalue weighted by molar-refractivity contribution is 5.78. The van der Waals surface area contributed by atoms with Crippen LogP contribution in [-0.2, 0) is 11.8 Å². The van der Waals surface area contributed by atoms with E-state index >= 15 is 0 Å². The smallest absolute Gasteiger partial charge is 0.225 e. The Kier molecular flexibility index (Phi) is 5.66. The molecule has 2 saturated heterocycles. The Labute approximate surface area is 171 Å². The van der Waals surface area contributed by atoms with E-state index in [0.717, 1.165) is 56.5 Å². The van der Waals surface area contributed by atoms with E-state index < -0.39 is 0 Å². The zero-order valence-corrected chi connectivity index (χ0v) is 17.5. The first kappa shape index (κ1) is 19.6. The topological polar surface area (TPSA) is 97.7 Å². The van der Waals surface area contributed by atoms with Crippen LogP contribution in [0.2, 0.25) is 0 Å². The van der Waals surface area contributed by atoms with Gasteiger partial charge in [0, 0.05) is 75.9 Å². The zero-order chi connectivity index (χ0) is 20.4. The third-order valence-electron chi connectivity index (χ3n) is 5.99. The number of piperazine rings is 1. The molecule has 2 N–H and O–H groups in total. The van der Waals surface area contributed by atoms with Crippen molar-refractivity contribution in [1.82, 2.24) is 24.6 Å². The van der Waals surface area contributed by atoms with E-state index in [1.54, 1.807) is 12.4 Å². The zero-order valence-electron chi connectivity index (χ0n) is 17.5. The number of nitrogens with zero attached hydrogens (tertiary/aromatic N) is 7. The van der Waals surface area contributed by atoms with Crippen LogP contribution < -0.4 is 10.6 Å². The molecule has 0 bridgehead atoms. The molecule has 0 amide bonds. The van der Waals surface area contributed by atoms with E-state index in [0.29, 0.717) is 18.4 Å². The van der Waals surface area contributed by atoms with Gasteiger partial charge in [0.05, 0.1) is 11.8 Å². The highest BCUT2D eigenvalue weighted by atomic mass is 16.5. The van der Waals surface area contributed by atoms with Crippen LogP contribution in [0, 0.1) is 19.8 Å². The molecular weight excluding hydrogens is 368 g/mol. The molecule has 2 aromatic rings. The molecule has 2 fully saturated rings. The lowest BCUT2D eigenvalue weighted by atomic mass is 9.94. The van der Waals surface area contributed by atoms with Crippen molar-refractivity contribution in [3.63, 3.8) is 0 Å². The lowest BCUT2D eigenvalue weighted by Crippen LogP contribution is -2.51. The summed E-state index contributed by atoms with van der Waals surface area (Å²) in [6.45, 7) is 8.89. The predicted octanol–water partition coefficient (Wildman–Crippen LogP) is 1.04. The molecule has 2 aliphatic rings. The molecule has 9 heteroatoms. The van der Waals surface area contributed by atoms with Crippen molar-refractivity contribution < 1.29 is 4.74 Å². The summed E-state index contributed by atoms with van der Waals surface area (Å²) in [6, 6.07) is 1.83. The molecule has 0 aliphatic carbocycles. The minimum Gasteiger partial charge on any atom is -0.373 e. The Morgan fingerprint density at radius 1 is 1.21 bits per heavy atom. The van der Waals surface area contributed by atoms with E-state index in [4.69, 9.17) is 15.5 Å². The van der Waals surface area contributed by atoms with Crippen LogP contribution in [0.5, 0.6) is 0 Å². The van der Waals surface area contributed by atoms with Crippen LogP contribution in [-0.4, -0.2) is 69.9 Å². The number of hydrogen-bond acceptors (Lipinski definition) is 6. The van der Waals surface area contributed by atoms with Crippen LogP contribution in [0.25, 0.3) is 0 Å². The van der Waals surface area contributed by atoms with E-state index in [2.05, 4.69) is 38.7 Å². The van der Waals surface area contributed by atoms with Gasteiger partial charge in [0.15, 0.2) is 5.96 Å². The summed E-state index contributed by atoms with van der Waals surface area (Å²) in [5.74, 6) is 1.72. The van der Waals surface area contributed by atoms with Crippen molar-refractivity contribution in [2.75, 3.05) is 44.2 Å². The number of aliphatic imine (C=N–C) groups is 1. The molecule has 2 aliphatic heterocycles. The number of ether oxygens (including phenoxy) is 1. The fraction of sp³-hybridized carbons (Fsp3) is 0.600. The Morgan fingerprint density at radius 3 is 2.59 bits per heavy atom. The molecule has 156 valence electrons. The van der Waals surface area contributed by atoms with Gasteiger partial charge in [0.1, 0.15) is 0 Å². The summed E-state index contributed by atoms with van der Waals surface area (Å²) in [5, 5.41) is 4.54. The van der Waals surface area contributed by atoms with Crippen LogP contribution in [0.15, 0.2) is 23.5 Å². The van der Waals surface area contributed by atoms with E-state index in [1.165, 1.54) is 5.56 Å². The lowest BCUT2D eigenvalue weighted by molar-refractivity contribution is 0.0914. The first-order valence-corrected chi connectivity index (χ1v) is 10.2. The summed E-state index contributed by atoms with van der Waals surface area (Å²) < 4.78 is 8.00. The van der Waals surface area contributed by atoms with E-state index in [1.807, 2.05) is 17.8 Å². The van der Waals surface area contributed by atoms with Crippen molar-refractivity contribution in [3.05, 3.63) is 35.4 Å². The van der Waals surface area contributed by atoms with Crippen LogP contribution in [0.1, 0.15) is 29.5 Å².